The fraction of sp³-hybridized carbons (Fsp3) is 0.438. The molecule has 7 heteroatoms. The number of ether oxygens (including phenoxy) is 1. The molecule has 1 N–H and O–H groups in total. The van der Waals surface area contributed by atoms with Gasteiger partial charge >= 0.3 is 0 Å². The number of aryl methyl sites for hydroxylation is 1. The average Bonchev–Trinajstić information content (AvgIpc) is 2.88. The standard InChI is InChI=1S/C16H23N3O3S/c1-16(2,3)15-14(11-19(4)18-15)23(20,21)17-10-12-8-6-7-9-13(12)22-5/h6-9,11,17H,10H2,1-5H3. The Hall–Kier alpha value is -1.86. The monoisotopic (exact) mass is 337 g/mol. The summed E-state index contributed by atoms with van der Waals surface area (Å²) in [5.41, 5.74) is 0.961. The minimum atomic E-state index is -3.67. The van der Waals surface area contributed by atoms with Gasteiger partial charge in [0.15, 0.2) is 0 Å². The minimum absolute atomic E-state index is 0.158. The van der Waals surface area contributed by atoms with Crippen LogP contribution < -0.4 is 9.46 Å². The molecule has 0 radical (unpaired) electrons. The zero-order valence-electron chi connectivity index (χ0n) is 14.1. The summed E-state index contributed by atoms with van der Waals surface area (Å²) < 4.78 is 34.8. The number of benzene rings is 1. The van der Waals surface area contributed by atoms with Crippen molar-refractivity contribution in [2.75, 3.05) is 7.11 Å². The smallest absolute Gasteiger partial charge is 0.244 e. The minimum Gasteiger partial charge on any atom is -0.496 e. The molecule has 1 aromatic carbocycles. The van der Waals surface area contributed by atoms with Crippen LogP contribution in [0.2, 0.25) is 0 Å². The Labute approximate surface area is 137 Å². The second kappa shape index (κ2) is 6.33. The number of para-hydroxylation sites is 1. The zero-order chi connectivity index (χ0) is 17.3. The fourth-order valence-corrected chi connectivity index (χ4v) is 3.68. The van der Waals surface area contributed by atoms with Crippen LogP contribution in [0.15, 0.2) is 35.4 Å². The van der Waals surface area contributed by atoms with Crippen LogP contribution in [0, 0.1) is 0 Å². The third kappa shape index (κ3) is 3.92. The van der Waals surface area contributed by atoms with Crippen molar-refractivity contribution in [2.24, 2.45) is 7.05 Å². The molecule has 0 atom stereocenters. The molecule has 0 aliphatic carbocycles. The highest BCUT2D eigenvalue weighted by Gasteiger charge is 2.29. The lowest BCUT2D eigenvalue weighted by Crippen LogP contribution is -2.26. The molecule has 0 bridgehead atoms. The summed E-state index contributed by atoms with van der Waals surface area (Å²) in [6, 6.07) is 7.32. The normalized spacial score (nSPS) is 12.4. The zero-order valence-corrected chi connectivity index (χ0v) is 14.9. The lowest BCUT2D eigenvalue weighted by molar-refractivity contribution is 0.409. The molecule has 0 aliphatic heterocycles. The maximum atomic E-state index is 12.7. The van der Waals surface area contributed by atoms with Crippen molar-refractivity contribution < 1.29 is 13.2 Å². The predicted molar refractivity (Wildman–Crippen MR) is 88.9 cm³/mol. The van der Waals surface area contributed by atoms with Gasteiger partial charge in [-0.05, 0) is 6.07 Å². The molecular weight excluding hydrogens is 314 g/mol. The molecular formula is C16H23N3O3S. The van der Waals surface area contributed by atoms with E-state index >= 15 is 0 Å². The molecule has 1 heterocycles. The van der Waals surface area contributed by atoms with Crippen LogP contribution >= 0.6 is 0 Å². The lowest BCUT2D eigenvalue weighted by Gasteiger charge is -2.17. The molecule has 23 heavy (non-hydrogen) atoms. The van der Waals surface area contributed by atoms with Crippen LogP contribution in [0.4, 0.5) is 0 Å². The van der Waals surface area contributed by atoms with E-state index in [2.05, 4.69) is 9.82 Å². The van der Waals surface area contributed by atoms with Crippen LogP contribution in [0.25, 0.3) is 0 Å². The van der Waals surface area contributed by atoms with Gasteiger partial charge in [0, 0.05) is 30.8 Å². The van der Waals surface area contributed by atoms with E-state index in [1.807, 2.05) is 39.0 Å². The van der Waals surface area contributed by atoms with Gasteiger partial charge in [0.05, 0.1) is 12.8 Å². The molecule has 0 unspecified atom stereocenters. The van der Waals surface area contributed by atoms with E-state index in [9.17, 15) is 8.42 Å². The van der Waals surface area contributed by atoms with Crippen molar-refractivity contribution in [1.82, 2.24) is 14.5 Å². The first-order valence-electron chi connectivity index (χ1n) is 7.31. The van der Waals surface area contributed by atoms with Gasteiger partial charge in [-0.25, -0.2) is 13.1 Å². The largest absolute Gasteiger partial charge is 0.496 e. The Morgan fingerprint density at radius 1 is 1.26 bits per heavy atom. The third-order valence-electron chi connectivity index (χ3n) is 3.44. The van der Waals surface area contributed by atoms with Crippen LogP contribution in [0.5, 0.6) is 5.75 Å². The van der Waals surface area contributed by atoms with Crippen molar-refractivity contribution in [1.29, 1.82) is 0 Å². The second-order valence-electron chi connectivity index (χ2n) is 6.40. The maximum Gasteiger partial charge on any atom is 0.244 e. The van der Waals surface area contributed by atoms with E-state index in [1.165, 1.54) is 10.9 Å². The van der Waals surface area contributed by atoms with Gasteiger partial charge in [0.2, 0.25) is 10.0 Å². The van der Waals surface area contributed by atoms with E-state index in [0.29, 0.717) is 11.4 Å². The van der Waals surface area contributed by atoms with Crippen LogP contribution in [-0.4, -0.2) is 25.3 Å². The van der Waals surface area contributed by atoms with E-state index in [-0.39, 0.29) is 16.9 Å². The summed E-state index contributed by atoms with van der Waals surface area (Å²) in [6.07, 6.45) is 1.53. The number of aromatic nitrogens is 2. The van der Waals surface area contributed by atoms with Gasteiger partial charge in [-0.2, -0.15) is 5.10 Å². The molecule has 2 rings (SSSR count). The highest BCUT2D eigenvalue weighted by molar-refractivity contribution is 7.89. The van der Waals surface area contributed by atoms with E-state index in [0.717, 1.165) is 5.56 Å². The Morgan fingerprint density at radius 3 is 2.52 bits per heavy atom. The first-order chi connectivity index (χ1) is 10.6. The van der Waals surface area contributed by atoms with Crippen molar-refractivity contribution in [3.05, 3.63) is 41.7 Å². The molecule has 1 aromatic heterocycles. The summed E-state index contributed by atoms with van der Waals surface area (Å²) in [7, 11) is -0.387. The summed E-state index contributed by atoms with van der Waals surface area (Å²) in [5.74, 6) is 0.650. The average molecular weight is 337 g/mol. The van der Waals surface area contributed by atoms with Crippen molar-refractivity contribution in [3.8, 4) is 5.75 Å². The van der Waals surface area contributed by atoms with Crippen molar-refractivity contribution >= 4 is 10.0 Å². The molecule has 0 aliphatic rings. The molecule has 0 saturated heterocycles. The Kier molecular flexibility index (Phi) is 4.81. The quantitative estimate of drug-likeness (QED) is 0.908. The fourth-order valence-electron chi connectivity index (χ4n) is 2.28. The number of rotatable bonds is 5. The number of hydrogen-bond acceptors (Lipinski definition) is 4. The maximum absolute atomic E-state index is 12.7. The van der Waals surface area contributed by atoms with E-state index in [1.54, 1.807) is 20.2 Å². The number of hydrogen-bond donors (Lipinski definition) is 1. The summed E-state index contributed by atoms with van der Waals surface area (Å²) in [4.78, 5) is 0.211. The lowest BCUT2D eigenvalue weighted by atomic mass is 9.92. The third-order valence-corrected chi connectivity index (χ3v) is 4.84. The highest BCUT2D eigenvalue weighted by Crippen LogP contribution is 2.27. The SMILES string of the molecule is COc1ccccc1CNS(=O)(=O)c1cn(C)nc1C(C)(C)C. The van der Waals surface area contributed by atoms with Gasteiger partial charge in [0.25, 0.3) is 0 Å². The predicted octanol–water partition coefficient (Wildman–Crippen LogP) is 2.20. The number of methoxy groups -OCH3 is 1. The number of nitrogens with one attached hydrogen (secondary N) is 1. The second-order valence-corrected chi connectivity index (χ2v) is 8.14. The number of sulfonamides is 1. The molecule has 126 valence electrons. The first-order valence-corrected chi connectivity index (χ1v) is 8.79. The van der Waals surface area contributed by atoms with Gasteiger partial charge in [-0.15, -0.1) is 0 Å². The molecule has 0 amide bonds. The highest BCUT2D eigenvalue weighted by atomic mass is 32.2. The Bertz CT molecular complexity index is 789. The van der Waals surface area contributed by atoms with Gasteiger partial charge in [0.1, 0.15) is 10.6 Å². The van der Waals surface area contributed by atoms with Crippen molar-refractivity contribution in [3.63, 3.8) is 0 Å². The van der Waals surface area contributed by atoms with Gasteiger partial charge in [-0.1, -0.05) is 39.0 Å². The number of nitrogens with zero attached hydrogens (tertiary/aromatic N) is 2. The van der Waals surface area contributed by atoms with Gasteiger partial charge in [-0.3, -0.25) is 4.68 Å². The Balaban J connectivity index is 2.30. The molecule has 0 spiro atoms. The molecule has 6 nitrogen and oxygen atoms in total. The Morgan fingerprint density at radius 2 is 1.91 bits per heavy atom. The topological polar surface area (TPSA) is 73.2 Å². The van der Waals surface area contributed by atoms with Gasteiger partial charge < -0.3 is 4.74 Å². The summed E-state index contributed by atoms with van der Waals surface area (Å²) in [5, 5.41) is 4.31. The molecule has 0 fully saturated rings. The van der Waals surface area contributed by atoms with Crippen molar-refractivity contribution in [2.45, 2.75) is 37.6 Å². The van der Waals surface area contributed by atoms with E-state index < -0.39 is 10.0 Å². The molecule has 0 saturated carbocycles. The summed E-state index contributed by atoms with van der Waals surface area (Å²) >= 11 is 0. The van der Waals surface area contributed by atoms with Crippen LogP contribution in [0.1, 0.15) is 32.0 Å². The van der Waals surface area contributed by atoms with E-state index in [4.69, 9.17) is 4.74 Å². The van der Waals surface area contributed by atoms with Crippen LogP contribution in [0.3, 0.4) is 0 Å². The summed E-state index contributed by atoms with van der Waals surface area (Å²) in [6.45, 7) is 5.97. The van der Waals surface area contributed by atoms with Crippen LogP contribution in [-0.2, 0) is 29.0 Å². The molecule has 2 aromatic rings. The first kappa shape index (κ1) is 17.5.